The van der Waals surface area contributed by atoms with Crippen molar-refractivity contribution in [3.05, 3.63) is 128 Å². The second-order valence-electron chi connectivity index (χ2n) is 21.3. The minimum atomic E-state index is -1.01. The second kappa shape index (κ2) is 24.5. The Morgan fingerprint density at radius 3 is 2.31 bits per heavy atom. The highest BCUT2D eigenvalue weighted by molar-refractivity contribution is 7.13. The van der Waals surface area contributed by atoms with E-state index in [0.717, 1.165) is 80.3 Å². The van der Waals surface area contributed by atoms with Gasteiger partial charge in [0.1, 0.15) is 24.4 Å². The number of aryl methyl sites for hydroxylation is 3. The van der Waals surface area contributed by atoms with Crippen molar-refractivity contribution >= 4 is 40.7 Å². The first-order chi connectivity index (χ1) is 36.8. The summed E-state index contributed by atoms with van der Waals surface area (Å²) in [5.74, 6) is -1.62. The highest BCUT2D eigenvalue weighted by Gasteiger charge is 2.45. The van der Waals surface area contributed by atoms with E-state index < -0.39 is 35.4 Å². The van der Waals surface area contributed by atoms with Crippen LogP contribution in [0.15, 0.2) is 83.2 Å². The first-order valence-electron chi connectivity index (χ1n) is 26.4. The van der Waals surface area contributed by atoms with E-state index in [-0.39, 0.29) is 62.2 Å². The van der Waals surface area contributed by atoms with Crippen molar-refractivity contribution in [3.8, 4) is 32.8 Å². The van der Waals surface area contributed by atoms with Crippen molar-refractivity contribution < 1.29 is 33.8 Å². The lowest BCUT2D eigenvalue weighted by Gasteiger charge is -2.37. The molecule has 408 valence electrons. The number of hydrogen-bond donors (Lipinski definition) is 5. The van der Waals surface area contributed by atoms with Gasteiger partial charge in [0.15, 0.2) is 0 Å². The van der Waals surface area contributed by atoms with Gasteiger partial charge in [0.2, 0.25) is 17.7 Å². The number of benzene rings is 3. The van der Waals surface area contributed by atoms with Gasteiger partial charge in [0, 0.05) is 73.4 Å². The molecule has 0 bridgehead atoms. The molecule has 4 atom stereocenters. The van der Waals surface area contributed by atoms with Gasteiger partial charge in [-0.3, -0.25) is 24.0 Å². The Balaban J connectivity index is 0.871. The highest BCUT2D eigenvalue weighted by Crippen LogP contribution is 2.35. The van der Waals surface area contributed by atoms with Crippen LogP contribution in [0.1, 0.15) is 104 Å². The summed E-state index contributed by atoms with van der Waals surface area (Å²) in [7, 11) is 0. The summed E-state index contributed by atoms with van der Waals surface area (Å²) in [6.07, 6.45) is 2.74. The summed E-state index contributed by atoms with van der Waals surface area (Å²) in [6.45, 7) is 19.4. The lowest BCUT2D eigenvalue weighted by atomic mass is 9.85. The molecule has 0 spiro atoms. The number of aliphatic hydroxyl groups is 1. The van der Waals surface area contributed by atoms with Crippen molar-refractivity contribution in [1.29, 1.82) is 0 Å². The summed E-state index contributed by atoms with van der Waals surface area (Å²) in [6, 6.07) is 19.8. The van der Waals surface area contributed by atoms with Gasteiger partial charge in [-0.25, -0.2) is 9.67 Å². The van der Waals surface area contributed by atoms with E-state index in [1.54, 1.807) is 22.2 Å². The maximum Gasteiger partial charge on any atom is 0.253 e. The lowest BCUT2D eigenvalue weighted by molar-refractivity contribution is -0.144. The fourth-order valence-electron chi connectivity index (χ4n) is 10.3. The van der Waals surface area contributed by atoms with Gasteiger partial charge in [-0.1, -0.05) is 74.5 Å². The van der Waals surface area contributed by atoms with E-state index in [4.69, 9.17) is 9.47 Å². The third kappa shape index (κ3) is 13.4. The van der Waals surface area contributed by atoms with Crippen LogP contribution in [-0.4, -0.2) is 122 Å². The van der Waals surface area contributed by atoms with E-state index in [9.17, 15) is 29.1 Å². The SMILES string of the molecule is CCN(c1cc(-c2ccc(-c3cn(CCOCC(=O)N[C@H](C(=O)N4C[C@H](O)C[C@H]4C(=O)N[C@@H](C)c4ccc(-c5scnc5C)cc4)C(C)(C)C)nn3)cc2)cc(C(=O)NCc2c(C)cc(C)[nH]c2=O)c1C)C1CCOCC1. The van der Waals surface area contributed by atoms with Gasteiger partial charge in [0.25, 0.3) is 11.5 Å². The van der Waals surface area contributed by atoms with Crippen LogP contribution >= 0.6 is 11.3 Å². The number of pyridine rings is 1. The number of carbonyl (C=O) groups is 4. The number of thiazole rings is 1. The van der Waals surface area contributed by atoms with Crippen molar-refractivity contribution in [2.75, 3.05) is 44.4 Å². The van der Waals surface area contributed by atoms with Gasteiger partial charge >= 0.3 is 0 Å². The van der Waals surface area contributed by atoms with Gasteiger partial charge in [-0.05, 0) is 111 Å². The number of β-amino-alcohol motifs (C(OH)–C–C–N with tert-alkyl or cyclic N) is 1. The molecule has 3 aromatic carbocycles. The fraction of sp³-hybridized carbons (Fsp3) is 0.448. The Morgan fingerprint density at radius 1 is 0.948 bits per heavy atom. The molecule has 5 heterocycles. The van der Waals surface area contributed by atoms with Crippen molar-refractivity contribution in [2.24, 2.45) is 5.41 Å². The van der Waals surface area contributed by atoms with E-state index in [1.807, 2.05) is 122 Å². The largest absolute Gasteiger partial charge is 0.391 e. The number of ether oxygens (including phenoxy) is 2. The van der Waals surface area contributed by atoms with Crippen LogP contribution in [-0.2, 0) is 36.9 Å². The second-order valence-corrected chi connectivity index (χ2v) is 22.2. The van der Waals surface area contributed by atoms with Crippen LogP contribution in [0.3, 0.4) is 0 Å². The minimum Gasteiger partial charge on any atom is -0.391 e. The Morgan fingerprint density at radius 2 is 1.65 bits per heavy atom. The maximum atomic E-state index is 14.2. The third-order valence-electron chi connectivity index (χ3n) is 14.6. The van der Waals surface area contributed by atoms with Gasteiger partial charge in [0.05, 0.1) is 47.6 Å². The van der Waals surface area contributed by atoms with Crippen LogP contribution in [0, 0.1) is 33.1 Å². The number of aliphatic hydroxyl groups excluding tert-OH is 1. The normalized spacial score (nSPS) is 16.7. The summed E-state index contributed by atoms with van der Waals surface area (Å²) >= 11 is 1.57. The number of aromatic nitrogens is 5. The molecule has 0 radical (unpaired) electrons. The number of rotatable bonds is 19. The first kappa shape index (κ1) is 56.2. The molecule has 5 N–H and O–H groups in total. The average molecular weight is 1070 g/mol. The summed E-state index contributed by atoms with van der Waals surface area (Å²) < 4.78 is 13.1. The monoisotopic (exact) mass is 1070 g/mol. The van der Waals surface area contributed by atoms with Crippen molar-refractivity contribution in [3.63, 3.8) is 0 Å². The lowest BCUT2D eigenvalue weighted by Crippen LogP contribution is -2.58. The van der Waals surface area contributed by atoms with Gasteiger partial charge < -0.3 is 45.3 Å². The number of amides is 4. The molecule has 18 nitrogen and oxygen atoms in total. The smallest absolute Gasteiger partial charge is 0.253 e. The average Bonchev–Trinajstić information content (AvgIpc) is 4.17. The van der Waals surface area contributed by atoms with Gasteiger partial charge in [-0.15, -0.1) is 16.4 Å². The quantitative estimate of drug-likeness (QED) is 0.0518. The number of H-pyrrole nitrogens is 1. The van der Waals surface area contributed by atoms with E-state index in [1.165, 1.54) is 4.90 Å². The van der Waals surface area contributed by atoms with Crippen molar-refractivity contribution in [2.45, 2.75) is 125 Å². The molecule has 2 fully saturated rings. The number of aromatic amines is 1. The standard InChI is InChI=1S/C58H72N10O8S/c1-10-67(44-19-22-75-23-20-44)49-27-43(26-46(36(49)4)54(71)59-29-47-34(2)25-35(3)61-55(47)72)40-13-15-41(16-14-40)48-31-66(65-64-48)21-24-76-32-51(70)63-53(58(7,8)9)57(74)68-30-45(69)28-50(68)56(73)62-37(5)39-11-17-42(18-12-39)52-38(6)60-33-77-52/h11-18,25-27,31,33,37,44-45,50,53,69H,10,19-24,28-30,32H2,1-9H3,(H,59,71)(H,61,72)(H,62,73)(H,63,70)/t37-,45+,50-,53+/m0/s1. The molecule has 4 amide bonds. The predicted molar refractivity (Wildman–Crippen MR) is 297 cm³/mol. The van der Waals surface area contributed by atoms with Crippen LogP contribution in [0.4, 0.5) is 5.69 Å². The Kier molecular flexibility index (Phi) is 17.9. The molecule has 77 heavy (non-hydrogen) atoms. The first-order valence-corrected chi connectivity index (χ1v) is 27.3. The molecule has 3 aromatic heterocycles. The molecule has 2 saturated heterocycles. The highest BCUT2D eigenvalue weighted by atomic mass is 32.1. The van der Waals surface area contributed by atoms with Crippen LogP contribution in [0.2, 0.25) is 0 Å². The third-order valence-corrected chi connectivity index (χ3v) is 15.6. The van der Waals surface area contributed by atoms with Gasteiger partial charge in [-0.2, -0.15) is 0 Å². The number of hydrogen-bond acceptors (Lipinski definition) is 13. The van der Waals surface area contributed by atoms with E-state index >= 15 is 0 Å². The zero-order chi connectivity index (χ0) is 55.1. The molecule has 8 rings (SSSR count). The van der Waals surface area contributed by atoms with E-state index in [2.05, 4.69) is 54.1 Å². The van der Waals surface area contributed by atoms with Crippen LogP contribution < -0.4 is 26.4 Å². The maximum absolute atomic E-state index is 14.2. The zero-order valence-corrected chi connectivity index (χ0v) is 46.4. The predicted octanol–water partition coefficient (Wildman–Crippen LogP) is 6.98. The number of nitrogens with one attached hydrogen (secondary N) is 4. The molecule has 6 aromatic rings. The molecular formula is C58H72N10O8S. The summed E-state index contributed by atoms with van der Waals surface area (Å²) in [5.41, 5.74) is 11.4. The molecule has 0 saturated carbocycles. The Bertz CT molecular complexity index is 3120. The Hall–Kier alpha value is -7.06. The van der Waals surface area contributed by atoms with Crippen LogP contribution in [0.5, 0.6) is 0 Å². The number of anilines is 1. The van der Waals surface area contributed by atoms with Crippen LogP contribution in [0.25, 0.3) is 32.8 Å². The molecule has 2 aliphatic heterocycles. The fourth-order valence-corrected chi connectivity index (χ4v) is 11.1. The topological polar surface area (TPSA) is 226 Å². The number of nitrogens with zero attached hydrogens (tertiary/aromatic N) is 6. The molecule has 0 unspecified atom stereocenters. The number of likely N-dealkylation sites (tertiary alicyclic amines) is 1. The summed E-state index contributed by atoms with van der Waals surface area (Å²) in [5, 5.41) is 28.3. The summed E-state index contributed by atoms with van der Waals surface area (Å²) in [4.78, 5) is 80.2. The Labute approximate surface area is 454 Å². The number of carbonyl (C=O) groups excluding carboxylic acids is 4. The minimum absolute atomic E-state index is 0.0398. The molecule has 0 aliphatic carbocycles. The molecule has 2 aliphatic rings. The van der Waals surface area contributed by atoms with Crippen molar-refractivity contribution in [1.82, 2.24) is 45.8 Å². The molecular weight excluding hydrogens is 997 g/mol. The zero-order valence-electron chi connectivity index (χ0n) is 45.6. The molecule has 19 heteroatoms. The van der Waals surface area contributed by atoms with E-state index in [0.29, 0.717) is 36.6 Å².